The molecule has 0 heterocycles. The van der Waals surface area contributed by atoms with Gasteiger partial charge in [-0.15, -0.1) is 0 Å². The minimum Gasteiger partial charge on any atom is -0.497 e. The zero-order valence-electron chi connectivity index (χ0n) is 25.8. The first-order valence-electron chi connectivity index (χ1n) is 14.5. The summed E-state index contributed by atoms with van der Waals surface area (Å²) in [7, 11) is -0.642. The van der Waals surface area contributed by atoms with E-state index in [2.05, 4.69) is 5.32 Å². The van der Waals surface area contributed by atoms with Gasteiger partial charge < -0.3 is 19.7 Å². The lowest BCUT2D eigenvalue weighted by atomic mass is 10.0. The summed E-state index contributed by atoms with van der Waals surface area (Å²) in [6.45, 7) is -0.159. The van der Waals surface area contributed by atoms with Crippen molar-refractivity contribution in [3.8, 4) is 11.5 Å². The Kier molecular flexibility index (Phi) is 11.7. The van der Waals surface area contributed by atoms with Gasteiger partial charge in [0, 0.05) is 31.6 Å². The molecule has 1 atom stereocenters. The molecule has 4 aromatic rings. The first-order chi connectivity index (χ1) is 21.7. The van der Waals surface area contributed by atoms with Gasteiger partial charge in [-0.3, -0.25) is 9.59 Å². The molecule has 0 aliphatic rings. The second-order valence-corrected chi connectivity index (χ2v) is 12.6. The molecule has 236 valence electrons. The summed E-state index contributed by atoms with van der Waals surface area (Å²) in [6, 6.07) is 32.2. The van der Waals surface area contributed by atoms with Crippen molar-refractivity contribution in [1.82, 2.24) is 14.5 Å². The largest absolute Gasteiger partial charge is 0.497 e. The molecule has 4 aromatic carbocycles. The monoisotopic (exact) mass is 629 g/mol. The van der Waals surface area contributed by atoms with E-state index in [1.807, 2.05) is 84.9 Å². The van der Waals surface area contributed by atoms with Gasteiger partial charge in [0.05, 0.1) is 27.0 Å². The summed E-state index contributed by atoms with van der Waals surface area (Å²) in [5.41, 5.74) is 3.14. The molecule has 10 heteroatoms. The van der Waals surface area contributed by atoms with Crippen LogP contribution in [-0.4, -0.2) is 62.5 Å². The van der Waals surface area contributed by atoms with Gasteiger partial charge in [0.25, 0.3) is 0 Å². The number of nitrogens with zero attached hydrogens (tertiary/aromatic N) is 2. The smallest absolute Gasteiger partial charge is 0.243 e. The number of ether oxygens (including phenoxy) is 2. The highest BCUT2D eigenvalue weighted by atomic mass is 32.2. The molecule has 9 nitrogen and oxygen atoms in total. The van der Waals surface area contributed by atoms with Gasteiger partial charge in [-0.05, 0) is 34.9 Å². The van der Waals surface area contributed by atoms with Crippen LogP contribution < -0.4 is 14.8 Å². The summed E-state index contributed by atoms with van der Waals surface area (Å²) in [5.74, 6) is 0.410. The van der Waals surface area contributed by atoms with Crippen LogP contribution in [0, 0.1) is 0 Å². The lowest BCUT2D eigenvalue weighted by molar-refractivity contribution is -0.141. The lowest BCUT2D eigenvalue weighted by Gasteiger charge is -2.33. The zero-order chi connectivity index (χ0) is 32.2. The van der Waals surface area contributed by atoms with Crippen LogP contribution >= 0.6 is 0 Å². The standard InChI is InChI=1S/C35H39N3O6S/c1-43-31-20-18-29(19-21-31)25-38(34(39)26-37(45(3,41)42)24-28-14-8-5-9-15-28)32(22-27-12-6-4-7-13-27)35(40)36-23-30-16-10-11-17-33(30)44-2/h4-21,32H,22-26H2,1-3H3,(H,36,40)/t32-/m1/s1. The molecule has 0 aliphatic heterocycles. The van der Waals surface area contributed by atoms with Crippen molar-refractivity contribution in [1.29, 1.82) is 0 Å². The minimum absolute atomic E-state index is 0.0190. The van der Waals surface area contributed by atoms with Crippen molar-refractivity contribution in [2.45, 2.75) is 32.1 Å². The van der Waals surface area contributed by atoms with E-state index >= 15 is 0 Å². The predicted octanol–water partition coefficient (Wildman–Crippen LogP) is 4.42. The fourth-order valence-electron chi connectivity index (χ4n) is 4.95. The Hall–Kier alpha value is -4.67. The Bertz CT molecular complexity index is 1650. The Balaban J connectivity index is 1.69. The number of nitrogens with one attached hydrogen (secondary N) is 1. The van der Waals surface area contributed by atoms with Gasteiger partial charge in [-0.1, -0.05) is 91.0 Å². The zero-order valence-corrected chi connectivity index (χ0v) is 26.6. The molecule has 0 bridgehead atoms. The van der Waals surface area contributed by atoms with E-state index in [9.17, 15) is 18.0 Å². The first-order valence-corrected chi connectivity index (χ1v) is 16.4. The van der Waals surface area contributed by atoms with Gasteiger partial charge in [0.2, 0.25) is 21.8 Å². The molecule has 4 rings (SSSR count). The maximum Gasteiger partial charge on any atom is 0.243 e. The van der Waals surface area contributed by atoms with Gasteiger partial charge in [-0.2, -0.15) is 4.31 Å². The Labute approximate surface area is 265 Å². The van der Waals surface area contributed by atoms with Crippen molar-refractivity contribution < 1.29 is 27.5 Å². The van der Waals surface area contributed by atoms with Crippen LogP contribution in [0.2, 0.25) is 0 Å². The van der Waals surface area contributed by atoms with Crippen LogP contribution in [0.3, 0.4) is 0 Å². The summed E-state index contributed by atoms with van der Waals surface area (Å²) >= 11 is 0. The number of hydrogen-bond acceptors (Lipinski definition) is 6. The normalized spacial score (nSPS) is 11.9. The molecule has 45 heavy (non-hydrogen) atoms. The maximum absolute atomic E-state index is 14.2. The van der Waals surface area contributed by atoms with Gasteiger partial charge in [0.15, 0.2) is 0 Å². The van der Waals surface area contributed by atoms with Crippen LogP contribution in [0.5, 0.6) is 11.5 Å². The molecule has 0 spiro atoms. The number of rotatable bonds is 15. The third-order valence-electron chi connectivity index (χ3n) is 7.41. The van der Waals surface area contributed by atoms with Crippen molar-refractivity contribution >= 4 is 21.8 Å². The highest BCUT2D eigenvalue weighted by Crippen LogP contribution is 2.20. The van der Waals surface area contributed by atoms with E-state index in [-0.39, 0.29) is 32.0 Å². The summed E-state index contributed by atoms with van der Waals surface area (Å²) in [4.78, 5) is 29.7. The van der Waals surface area contributed by atoms with E-state index in [4.69, 9.17) is 9.47 Å². The van der Waals surface area contributed by atoms with Gasteiger partial charge >= 0.3 is 0 Å². The maximum atomic E-state index is 14.2. The molecule has 0 saturated carbocycles. The van der Waals surface area contributed by atoms with Crippen molar-refractivity contribution in [3.63, 3.8) is 0 Å². The number of sulfonamides is 1. The average molecular weight is 630 g/mol. The summed E-state index contributed by atoms with van der Waals surface area (Å²) < 4.78 is 37.7. The van der Waals surface area contributed by atoms with Gasteiger partial charge in [0.1, 0.15) is 17.5 Å². The molecular weight excluding hydrogens is 590 g/mol. The molecule has 1 N–H and O–H groups in total. The number of benzene rings is 4. The average Bonchev–Trinajstić information content (AvgIpc) is 3.05. The molecule has 0 saturated heterocycles. The highest BCUT2D eigenvalue weighted by Gasteiger charge is 2.33. The van der Waals surface area contributed by atoms with Crippen LogP contribution in [0.1, 0.15) is 22.3 Å². The second kappa shape index (κ2) is 15.9. The summed E-state index contributed by atoms with van der Waals surface area (Å²) in [5, 5.41) is 2.99. The second-order valence-electron chi connectivity index (χ2n) is 10.6. The molecule has 0 radical (unpaired) electrons. The highest BCUT2D eigenvalue weighted by molar-refractivity contribution is 7.88. The Morgan fingerprint density at radius 2 is 1.31 bits per heavy atom. The van der Waals surface area contributed by atoms with Crippen molar-refractivity contribution in [3.05, 3.63) is 131 Å². The fourth-order valence-corrected chi connectivity index (χ4v) is 5.68. The number of carbonyl (C=O) groups excluding carboxylic acids is 2. The topological polar surface area (TPSA) is 105 Å². The van der Waals surface area contributed by atoms with Crippen LogP contribution in [0.15, 0.2) is 109 Å². The number of methoxy groups -OCH3 is 2. The third-order valence-corrected chi connectivity index (χ3v) is 8.61. The predicted molar refractivity (Wildman–Crippen MR) is 174 cm³/mol. The van der Waals surface area contributed by atoms with Crippen LogP contribution in [-0.2, 0) is 45.7 Å². The van der Waals surface area contributed by atoms with Crippen LogP contribution in [0.25, 0.3) is 0 Å². The van der Waals surface area contributed by atoms with Crippen molar-refractivity contribution in [2.75, 3.05) is 27.0 Å². The van der Waals surface area contributed by atoms with E-state index in [1.54, 1.807) is 38.5 Å². The fraction of sp³-hybridized carbons (Fsp3) is 0.257. The molecule has 0 unspecified atom stereocenters. The van der Waals surface area contributed by atoms with Gasteiger partial charge in [-0.25, -0.2) is 8.42 Å². The van der Waals surface area contributed by atoms with E-state index < -0.39 is 28.5 Å². The molecular formula is C35H39N3O6S. The summed E-state index contributed by atoms with van der Waals surface area (Å²) in [6.07, 6.45) is 1.30. The first kappa shape index (κ1) is 33.2. The van der Waals surface area contributed by atoms with Crippen LogP contribution in [0.4, 0.5) is 0 Å². The quantitative estimate of drug-likeness (QED) is 0.209. The van der Waals surface area contributed by atoms with E-state index in [1.165, 1.54) is 4.90 Å². The number of amides is 2. The SMILES string of the molecule is COc1ccc(CN(C(=O)CN(Cc2ccccc2)S(C)(=O)=O)[C@H](Cc2ccccc2)C(=O)NCc2ccccc2OC)cc1. The minimum atomic E-state index is -3.78. The molecule has 0 aromatic heterocycles. The Morgan fingerprint density at radius 3 is 1.91 bits per heavy atom. The Morgan fingerprint density at radius 1 is 0.733 bits per heavy atom. The van der Waals surface area contributed by atoms with E-state index in [0.29, 0.717) is 11.5 Å². The lowest BCUT2D eigenvalue weighted by Crippen LogP contribution is -2.53. The van der Waals surface area contributed by atoms with E-state index in [0.717, 1.165) is 32.8 Å². The molecule has 0 fully saturated rings. The number of hydrogen-bond donors (Lipinski definition) is 1. The van der Waals surface area contributed by atoms with Crippen molar-refractivity contribution in [2.24, 2.45) is 0 Å². The number of carbonyl (C=O) groups is 2. The number of para-hydroxylation sites is 1. The molecule has 2 amide bonds. The third kappa shape index (κ3) is 9.66. The molecule has 0 aliphatic carbocycles.